The lowest BCUT2D eigenvalue weighted by Crippen LogP contribution is -2.01. The molecule has 9 aromatic carbocycles. The van der Waals surface area contributed by atoms with Crippen molar-refractivity contribution in [3.8, 4) is 74.1 Å². The topological polar surface area (TPSA) is 85.6 Å². The van der Waals surface area contributed by atoms with Gasteiger partial charge < -0.3 is 9.13 Å². The Morgan fingerprint density at radius 2 is 0.954 bits per heavy atom. The van der Waals surface area contributed by atoms with Crippen molar-refractivity contribution in [1.82, 2.24) is 9.13 Å². The molecule has 0 saturated carbocycles. The fraction of sp³-hybridized carbons (Fsp3) is 0.0169. The molecule has 2 aromatic heterocycles. The molecule has 6 heteroatoms. The van der Waals surface area contributed by atoms with Gasteiger partial charge >= 0.3 is 0 Å². The molecule has 0 amide bonds. The third-order valence-corrected chi connectivity index (χ3v) is 12.5. The van der Waals surface area contributed by atoms with Gasteiger partial charge in [0.15, 0.2) is 5.69 Å². The Labute approximate surface area is 375 Å². The summed E-state index contributed by atoms with van der Waals surface area (Å²) >= 11 is 0. The minimum atomic E-state index is 0.531. The maximum Gasteiger partial charge on any atom is 0.187 e. The van der Waals surface area contributed by atoms with Crippen LogP contribution in [0.4, 0.5) is 5.69 Å². The zero-order valence-corrected chi connectivity index (χ0v) is 35.1. The van der Waals surface area contributed by atoms with Crippen LogP contribution in [0, 0.1) is 47.5 Å². The van der Waals surface area contributed by atoms with Gasteiger partial charge in [-0.1, -0.05) is 91.0 Å². The minimum Gasteiger partial charge on any atom is -0.309 e. The summed E-state index contributed by atoms with van der Waals surface area (Å²) in [6.45, 7) is 9.64. The van der Waals surface area contributed by atoms with E-state index in [0.717, 1.165) is 105 Å². The Bertz CT molecular complexity index is 3970. The monoisotopic (exact) mass is 826 g/mol. The maximum absolute atomic E-state index is 10.5. The third kappa shape index (κ3) is 6.39. The first-order valence-electron chi connectivity index (χ1n) is 21.2. The van der Waals surface area contributed by atoms with E-state index in [1.165, 1.54) is 0 Å². The van der Waals surface area contributed by atoms with Gasteiger partial charge in [-0.05, 0) is 148 Å². The largest absolute Gasteiger partial charge is 0.309 e. The molecule has 11 rings (SSSR count). The summed E-state index contributed by atoms with van der Waals surface area (Å²) in [5.74, 6) is 0. The van der Waals surface area contributed by atoms with Crippen LogP contribution in [0.2, 0.25) is 0 Å². The Morgan fingerprint density at radius 3 is 1.63 bits per heavy atom. The van der Waals surface area contributed by atoms with E-state index in [2.05, 4.69) is 141 Å². The SMILES string of the molecule is [C-]#[N+]c1cccc(-c2ccc3c(c2)c2ccccc2n3-c2ccc(-c3ccc(C#N)cc3C)c(-c3cc(C#N)ccc3-n3c4ccccc4c4cc(-c5cccc(C#N)c5)ccc43)c2)c1. The molecule has 0 saturated heterocycles. The highest BCUT2D eigenvalue weighted by molar-refractivity contribution is 6.12. The minimum absolute atomic E-state index is 0.531. The van der Waals surface area contributed by atoms with Crippen molar-refractivity contribution in [3.63, 3.8) is 0 Å². The Balaban J connectivity index is 1.18. The number of rotatable bonds is 6. The van der Waals surface area contributed by atoms with Crippen LogP contribution in [0.3, 0.4) is 0 Å². The van der Waals surface area contributed by atoms with Crippen LogP contribution < -0.4 is 0 Å². The number of hydrogen-bond acceptors (Lipinski definition) is 3. The quantitative estimate of drug-likeness (QED) is 0.156. The lowest BCUT2D eigenvalue weighted by Gasteiger charge is -2.20. The molecule has 0 unspecified atom stereocenters. The number of benzene rings is 9. The van der Waals surface area contributed by atoms with E-state index in [0.29, 0.717) is 22.4 Å². The number of aromatic nitrogens is 2. The second-order valence-electron chi connectivity index (χ2n) is 16.2. The van der Waals surface area contributed by atoms with Gasteiger partial charge in [-0.3, -0.25) is 0 Å². The van der Waals surface area contributed by atoms with Gasteiger partial charge in [-0.25, -0.2) is 4.85 Å². The Morgan fingerprint density at radius 1 is 0.400 bits per heavy atom. The van der Waals surface area contributed by atoms with Crippen LogP contribution in [0.15, 0.2) is 188 Å². The number of fused-ring (bicyclic) bond motifs is 6. The summed E-state index contributed by atoms with van der Waals surface area (Å²) in [7, 11) is 0. The van der Waals surface area contributed by atoms with Gasteiger partial charge in [-0.15, -0.1) is 0 Å². The van der Waals surface area contributed by atoms with Crippen LogP contribution in [-0.2, 0) is 0 Å². The van der Waals surface area contributed by atoms with E-state index >= 15 is 0 Å². The second kappa shape index (κ2) is 15.5. The predicted octanol–water partition coefficient (Wildman–Crippen LogP) is 15.0. The summed E-state index contributed by atoms with van der Waals surface area (Å²) in [6.07, 6.45) is 0. The van der Waals surface area contributed by atoms with Gasteiger partial charge in [0, 0.05) is 32.8 Å². The van der Waals surface area contributed by atoms with Crippen molar-refractivity contribution in [1.29, 1.82) is 15.8 Å². The van der Waals surface area contributed by atoms with E-state index in [9.17, 15) is 15.8 Å². The van der Waals surface area contributed by atoms with Gasteiger partial charge in [0.25, 0.3) is 0 Å². The molecule has 0 atom stereocenters. The summed E-state index contributed by atoms with van der Waals surface area (Å²) in [6, 6.07) is 70.5. The molecule has 0 bridgehead atoms. The molecule has 0 spiro atoms. The molecule has 300 valence electrons. The van der Waals surface area contributed by atoms with Crippen molar-refractivity contribution in [2.75, 3.05) is 0 Å². The first kappa shape index (κ1) is 38.5. The molecule has 0 aliphatic heterocycles. The number of nitriles is 3. The lowest BCUT2D eigenvalue weighted by atomic mass is 9.89. The summed E-state index contributed by atoms with van der Waals surface area (Å²) in [5, 5.41) is 34.4. The summed E-state index contributed by atoms with van der Waals surface area (Å²) in [5.41, 5.74) is 17.0. The number of para-hydroxylation sites is 2. The number of hydrogen-bond donors (Lipinski definition) is 0. The zero-order chi connectivity index (χ0) is 44.2. The van der Waals surface area contributed by atoms with Gasteiger partial charge in [-0.2, -0.15) is 15.8 Å². The molecule has 0 radical (unpaired) electrons. The second-order valence-corrected chi connectivity index (χ2v) is 16.2. The van der Waals surface area contributed by atoms with E-state index in [4.69, 9.17) is 6.57 Å². The van der Waals surface area contributed by atoms with E-state index < -0.39 is 0 Å². The highest BCUT2D eigenvalue weighted by Gasteiger charge is 2.22. The summed E-state index contributed by atoms with van der Waals surface area (Å²) in [4.78, 5) is 3.68. The number of aryl methyl sites for hydroxylation is 1. The van der Waals surface area contributed by atoms with Crippen LogP contribution in [0.25, 0.3) is 104 Å². The van der Waals surface area contributed by atoms with Crippen LogP contribution in [0.5, 0.6) is 0 Å². The third-order valence-electron chi connectivity index (χ3n) is 12.5. The van der Waals surface area contributed by atoms with Gasteiger partial charge in [0.2, 0.25) is 0 Å². The van der Waals surface area contributed by atoms with E-state index in [-0.39, 0.29) is 0 Å². The molecule has 2 heterocycles. The average molecular weight is 827 g/mol. The first-order valence-corrected chi connectivity index (χ1v) is 21.2. The van der Waals surface area contributed by atoms with Crippen molar-refractivity contribution >= 4 is 49.3 Å². The van der Waals surface area contributed by atoms with Crippen molar-refractivity contribution in [2.45, 2.75) is 6.92 Å². The van der Waals surface area contributed by atoms with Crippen LogP contribution in [0.1, 0.15) is 22.3 Å². The molecule has 0 aliphatic rings. The maximum atomic E-state index is 10.5. The molecule has 0 fully saturated rings. The van der Waals surface area contributed by atoms with Crippen molar-refractivity contribution in [2.24, 2.45) is 0 Å². The molecule has 0 aliphatic carbocycles. The number of nitrogens with zero attached hydrogens (tertiary/aromatic N) is 6. The average Bonchev–Trinajstić information content (AvgIpc) is 3.88. The van der Waals surface area contributed by atoms with Crippen molar-refractivity contribution in [3.05, 3.63) is 222 Å². The highest BCUT2D eigenvalue weighted by atomic mass is 15.0. The van der Waals surface area contributed by atoms with Crippen LogP contribution in [-0.4, -0.2) is 9.13 Å². The lowest BCUT2D eigenvalue weighted by molar-refractivity contribution is 1.17. The predicted molar refractivity (Wildman–Crippen MR) is 262 cm³/mol. The fourth-order valence-corrected chi connectivity index (χ4v) is 9.55. The fourth-order valence-electron chi connectivity index (χ4n) is 9.55. The highest BCUT2D eigenvalue weighted by Crippen LogP contribution is 2.44. The first-order chi connectivity index (χ1) is 31.9. The molecule has 6 nitrogen and oxygen atoms in total. The smallest absolute Gasteiger partial charge is 0.187 e. The molecule has 11 aromatic rings. The summed E-state index contributed by atoms with van der Waals surface area (Å²) < 4.78 is 4.60. The normalized spacial score (nSPS) is 11.1. The molecular weight excluding hydrogens is 793 g/mol. The molecule has 0 N–H and O–H groups in total. The van der Waals surface area contributed by atoms with Crippen molar-refractivity contribution < 1.29 is 0 Å². The van der Waals surface area contributed by atoms with Crippen LogP contribution >= 0.6 is 0 Å². The van der Waals surface area contributed by atoms with Gasteiger partial charge in [0.1, 0.15) is 0 Å². The standard InChI is InChI=1S/C59H34N6/c1-37-27-39(35-61)17-22-47(37)48-23-21-46(64-55-15-5-3-13-49(55)53-32-44(19-25-57(53)64)42-11-8-12-45(30-42)63-2)33-51(48)52-29-40(36-62)18-24-58(52)65-56-16-6-4-14-50(56)54-31-43(20-26-59(54)65)41-10-7-9-38(28-41)34-60/h3-33H,1H3. The van der Waals surface area contributed by atoms with E-state index in [1.54, 1.807) is 0 Å². The Kier molecular flexibility index (Phi) is 9.15. The van der Waals surface area contributed by atoms with Gasteiger partial charge in [0.05, 0.1) is 69.2 Å². The molecule has 65 heavy (non-hydrogen) atoms. The Hall–Kier alpha value is -9.46. The molecular formula is C59H34N6. The van der Waals surface area contributed by atoms with E-state index in [1.807, 2.05) is 85.8 Å². The zero-order valence-electron chi connectivity index (χ0n) is 35.1.